The van der Waals surface area contributed by atoms with Crippen LogP contribution in [0.25, 0.3) is 10.8 Å². The molecule has 70 valence electrons. The van der Waals surface area contributed by atoms with Crippen LogP contribution in [0.4, 0.5) is 0 Å². The van der Waals surface area contributed by atoms with Crippen molar-refractivity contribution in [2.75, 3.05) is 0 Å². The minimum absolute atomic E-state index is 0.402. The second-order valence-electron chi connectivity index (χ2n) is 3.51. The van der Waals surface area contributed by atoms with E-state index in [9.17, 15) is 0 Å². The number of hydrogen-bond acceptors (Lipinski definition) is 1. The van der Waals surface area contributed by atoms with Gasteiger partial charge in [-0.3, -0.25) is 4.98 Å². The second kappa shape index (κ2) is 3.62. The molecule has 0 bridgehead atoms. The molecule has 0 fully saturated rings. The molecular formula is C13H13N. The predicted octanol–water partition coefficient (Wildman–Crippen LogP) is 3.52. The lowest BCUT2D eigenvalue weighted by Gasteiger charge is -2.07. The molecule has 0 amide bonds. The van der Waals surface area contributed by atoms with Gasteiger partial charge in [-0.05, 0) is 29.0 Å². The zero-order chi connectivity index (χ0) is 9.97. The van der Waals surface area contributed by atoms with Crippen LogP contribution in [-0.2, 0) is 0 Å². The molecule has 1 nitrogen and oxygen atoms in total. The lowest BCUT2D eigenvalue weighted by atomic mass is 9.99. The van der Waals surface area contributed by atoms with E-state index in [1.807, 2.05) is 24.5 Å². The number of hydrogen-bond donors (Lipinski definition) is 0. The Morgan fingerprint density at radius 1 is 1.29 bits per heavy atom. The number of fused-ring (bicyclic) bond motifs is 1. The minimum atomic E-state index is 0.402. The van der Waals surface area contributed by atoms with E-state index in [2.05, 4.69) is 36.7 Å². The number of pyridine rings is 1. The van der Waals surface area contributed by atoms with Crippen LogP contribution in [0.5, 0.6) is 0 Å². The summed E-state index contributed by atoms with van der Waals surface area (Å²) in [6.07, 6.45) is 5.67. The van der Waals surface area contributed by atoms with E-state index in [-0.39, 0.29) is 0 Å². The second-order valence-corrected chi connectivity index (χ2v) is 3.51. The normalized spacial score (nSPS) is 12.6. The SMILES string of the molecule is C=CC(C)c1ccc2ccncc2c1. The van der Waals surface area contributed by atoms with Gasteiger partial charge in [0.25, 0.3) is 0 Å². The van der Waals surface area contributed by atoms with E-state index in [4.69, 9.17) is 0 Å². The van der Waals surface area contributed by atoms with Gasteiger partial charge in [0.1, 0.15) is 0 Å². The fraction of sp³-hybridized carbons (Fsp3) is 0.154. The largest absolute Gasteiger partial charge is 0.264 e. The van der Waals surface area contributed by atoms with E-state index in [1.165, 1.54) is 16.3 Å². The van der Waals surface area contributed by atoms with Crippen molar-refractivity contribution in [1.29, 1.82) is 0 Å². The lowest BCUT2D eigenvalue weighted by Crippen LogP contribution is -1.88. The van der Waals surface area contributed by atoms with Gasteiger partial charge in [0.15, 0.2) is 0 Å². The third-order valence-electron chi connectivity index (χ3n) is 2.54. The Kier molecular flexibility index (Phi) is 2.32. The average Bonchev–Trinajstić information content (AvgIpc) is 2.27. The van der Waals surface area contributed by atoms with Gasteiger partial charge in [-0.25, -0.2) is 0 Å². The third kappa shape index (κ3) is 1.53. The van der Waals surface area contributed by atoms with Crippen molar-refractivity contribution < 1.29 is 0 Å². The Balaban J connectivity index is 2.56. The van der Waals surface area contributed by atoms with Gasteiger partial charge in [-0.15, -0.1) is 6.58 Å². The number of benzene rings is 1. The van der Waals surface area contributed by atoms with Crippen molar-refractivity contribution in [3.05, 3.63) is 54.9 Å². The maximum absolute atomic E-state index is 4.11. The lowest BCUT2D eigenvalue weighted by molar-refractivity contribution is 0.974. The average molecular weight is 183 g/mol. The molecule has 0 N–H and O–H groups in total. The Morgan fingerprint density at radius 3 is 2.93 bits per heavy atom. The van der Waals surface area contributed by atoms with Crippen molar-refractivity contribution in [3.8, 4) is 0 Å². The van der Waals surface area contributed by atoms with Crippen LogP contribution >= 0.6 is 0 Å². The van der Waals surface area contributed by atoms with Crippen LogP contribution in [0, 0.1) is 0 Å². The Labute approximate surface area is 84.1 Å². The van der Waals surface area contributed by atoms with Gasteiger partial charge in [-0.1, -0.05) is 25.1 Å². The Bertz CT molecular complexity index is 459. The summed E-state index contributed by atoms with van der Waals surface area (Å²) in [4.78, 5) is 4.11. The van der Waals surface area contributed by atoms with Crippen molar-refractivity contribution in [2.45, 2.75) is 12.8 Å². The summed E-state index contributed by atoms with van der Waals surface area (Å²) in [5.41, 5.74) is 1.29. The zero-order valence-electron chi connectivity index (χ0n) is 8.27. The number of nitrogens with zero attached hydrogens (tertiary/aromatic N) is 1. The summed E-state index contributed by atoms with van der Waals surface area (Å²) < 4.78 is 0. The van der Waals surface area contributed by atoms with E-state index in [0.29, 0.717) is 5.92 Å². The van der Waals surface area contributed by atoms with Gasteiger partial charge >= 0.3 is 0 Å². The molecule has 0 saturated carbocycles. The van der Waals surface area contributed by atoms with E-state index < -0.39 is 0 Å². The summed E-state index contributed by atoms with van der Waals surface area (Å²) in [5.74, 6) is 0.402. The maximum Gasteiger partial charge on any atom is 0.0346 e. The van der Waals surface area contributed by atoms with Crippen molar-refractivity contribution in [1.82, 2.24) is 4.98 Å². The molecule has 2 aromatic rings. The van der Waals surface area contributed by atoms with E-state index in [1.54, 1.807) is 0 Å². The molecule has 1 atom stereocenters. The summed E-state index contributed by atoms with van der Waals surface area (Å²) in [6.45, 7) is 5.94. The van der Waals surface area contributed by atoms with Crippen LogP contribution in [0.3, 0.4) is 0 Å². The quantitative estimate of drug-likeness (QED) is 0.649. The molecule has 1 aromatic heterocycles. The van der Waals surface area contributed by atoms with Crippen LogP contribution in [0.2, 0.25) is 0 Å². The van der Waals surface area contributed by atoms with Gasteiger partial charge in [0.2, 0.25) is 0 Å². The molecule has 0 spiro atoms. The Hall–Kier alpha value is -1.63. The van der Waals surface area contributed by atoms with E-state index >= 15 is 0 Å². The molecule has 1 aromatic carbocycles. The standard InChI is InChI=1S/C13H13N/c1-3-10(2)12-5-4-11-6-7-14-9-13(11)8-12/h3-10H,1H2,2H3. The number of rotatable bonds is 2. The smallest absolute Gasteiger partial charge is 0.0346 e. The zero-order valence-corrected chi connectivity index (χ0v) is 8.27. The van der Waals surface area contributed by atoms with Crippen molar-refractivity contribution >= 4 is 10.8 Å². The Morgan fingerprint density at radius 2 is 2.14 bits per heavy atom. The van der Waals surface area contributed by atoms with Crippen LogP contribution in [-0.4, -0.2) is 4.98 Å². The maximum atomic E-state index is 4.11. The summed E-state index contributed by atoms with van der Waals surface area (Å²) in [7, 11) is 0. The van der Waals surface area contributed by atoms with Gasteiger partial charge < -0.3 is 0 Å². The van der Waals surface area contributed by atoms with Crippen molar-refractivity contribution in [2.24, 2.45) is 0 Å². The third-order valence-corrected chi connectivity index (χ3v) is 2.54. The van der Waals surface area contributed by atoms with Crippen LogP contribution in [0.1, 0.15) is 18.4 Å². The summed E-state index contributed by atoms with van der Waals surface area (Å²) >= 11 is 0. The first-order chi connectivity index (χ1) is 6.81. The monoisotopic (exact) mass is 183 g/mol. The first-order valence-corrected chi connectivity index (χ1v) is 4.77. The highest BCUT2D eigenvalue weighted by Gasteiger charge is 2.01. The molecule has 0 aliphatic heterocycles. The fourth-order valence-corrected chi connectivity index (χ4v) is 1.52. The molecule has 0 aliphatic rings. The first-order valence-electron chi connectivity index (χ1n) is 4.77. The molecule has 0 radical (unpaired) electrons. The topological polar surface area (TPSA) is 12.9 Å². The summed E-state index contributed by atoms with van der Waals surface area (Å²) in [5, 5.41) is 2.43. The molecule has 1 heteroatoms. The fourth-order valence-electron chi connectivity index (χ4n) is 1.52. The predicted molar refractivity (Wildman–Crippen MR) is 60.4 cm³/mol. The number of allylic oxidation sites excluding steroid dienone is 1. The highest BCUT2D eigenvalue weighted by molar-refractivity contribution is 5.82. The molecule has 1 heterocycles. The van der Waals surface area contributed by atoms with Gasteiger partial charge in [0, 0.05) is 17.8 Å². The van der Waals surface area contributed by atoms with Crippen LogP contribution < -0.4 is 0 Å². The molecule has 1 unspecified atom stereocenters. The molecular weight excluding hydrogens is 170 g/mol. The molecule has 0 aliphatic carbocycles. The highest BCUT2D eigenvalue weighted by Crippen LogP contribution is 2.21. The van der Waals surface area contributed by atoms with E-state index in [0.717, 1.165) is 0 Å². The molecule has 14 heavy (non-hydrogen) atoms. The van der Waals surface area contributed by atoms with Crippen molar-refractivity contribution in [3.63, 3.8) is 0 Å². The van der Waals surface area contributed by atoms with Crippen LogP contribution in [0.15, 0.2) is 49.3 Å². The molecule has 0 saturated heterocycles. The highest BCUT2D eigenvalue weighted by atomic mass is 14.6. The summed E-state index contributed by atoms with van der Waals surface area (Å²) in [6, 6.07) is 8.48. The van der Waals surface area contributed by atoms with Gasteiger partial charge in [-0.2, -0.15) is 0 Å². The minimum Gasteiger partial charge on any atom is -0.264 e. The van der Waals surface area contributed by atoms with Gasteiger partial charge in [0.05, 0.1) is 0 Å². The first kappa shape index (κ1) is 8.95. The number of aromatic nitrogens is 1. The molecule has 2 rings (SSSR count).